The highest BCUT2D eigenvalue weighted by atomic mass is 35.5. The molecule has 3 rings (SSSR count). The second kappa shape index (κ2) is 9.87. The lowest BCUT2D eigenvalue weighted by molar-refractivity contribution is 0.102. The van der Waals surface area contributed by atoms with E-state index in [4.69, 9.17) is 23.2 Å². The number of anilines is 3. The van der Waals surface area contributed by atoms with E-state index in [2.05, 4.69) is 32.5 Å². The Morgan fingerprint density at radius 1 is 1.03 bits per heavy atom. The van der Waals surface area contributed by atoms with Crippen molar-refractivity contribution in [3.05, 3.63) is 69.2 Å². The number of hydrogen-bond acceptors (Lipinski definition) is 5. The summed E-state index contributed by atoms with van der Waals surface area (Å²) in [6.45, 7) is 5.84. The Kier molecular flexibility index (Phi) is 7.24. The van der Waals surface area contributed by atoms with Gasteiger partial charge in [-0.1, -0.05) is 36.5 Å². The molecule has 2 N–H and O–H groups in total. The van der Waals surface area contributed by atoms with Crippen molar-refractivity contribution < 1.29 is 4.79 Å². The van der Waals surface area contributed by atoms with Gasteiger partial charge in [-0.2, -0.15) is 0 Å². The fourth-order valence-corrected chi connectivity index (χ4v) is 3.75. The van der Waals surface area contributed by atoms with E-state index in [1.54, 1.807) is 30.5 Å². The zero-order valence-corrected chi connectivity index (χ0v) is 18.6. The van der Waals surface area contributed by atoms with Crippen LogP contribution >= 0.6 is 23.2 Å². The summed E-state index contributed by atoms with van der Waals surface area (Å²) >= 11 is 12.7. The van der Waals surface area contributed by atoms with Crippen LogP contribution in [0, 0.1) is 13.8 Å². The number of rotatable bonds is 7. The van der Waals surface area contributed by atoms with Crippen LogP contribution in [0.1, 0.15) is 47.2 Å². The molecule has 1 aromatic carbocycles. The first-order valence-electron chi connectivity index (χ1n) is 9.70. The molecule has 0 aliphatic rings. The van der Waals surface area contributed by atoms with E-state index in [0.717, 1.165) is 30.5 Å². The standard InChI is InChI=1S/C22H23Cl2N5O/c1-4-5-6-15-10-17(23)21(18(24)11-15)22(30)28-16-7-8-25-19(12-16)29-20-9-13(2)26-14(3)27-20/h7-12H,4-6H2,1-3H3,(H2,25,26,27,28,29,30). The average Bonchev–Trinajstić information content (AvgIpc) is 2.65. The molecule has 0 fully saturated rings. The van der Waals surface area contributed by atoms with Crippen molar-refractivity contribution in [1.29, 1.82) is 0 Å². The summed E-state index contributed by atoms with van der Waals surface area (Å²) in [5.74, 6) is 1.45. The summed E-state index contributed by atoms with van der Waals surface area (Å²) in [4.78, 5) is 25.7. The van der Waals surface area contributed by atoms with Gasteiger partial charge < -0.3 is 10.6 Å². The lowest BCUT2D eigenvalue weighted by Gasteiger charge is -2.12. The van der Waals surface area contributed by atoms with Gasteiger partial charge in [0.15, 0.2) is 0 Å². The maximum Gasteiger partial charge on any atom is 0.258 e. The van der Waals surface area contributed by atoms with Crippen molar-refractivity contribution >= 4 is 46.4 Å². The number of amides is 1. The molecule has 0 unspecified atom stereocenters. The molecule has 3 aromatic rings. The number of pyridine rings is 1. The van der Waals surface area contributed by atoms with Crippen molar-refractivity contribution in [1.82, 2.24) is 15.0 Å². The van der Waals surface area contributed by atoms with Crippen molar-refractivity contribution in [3.8, 4) is 0 Å². The number of aromatic nitrogens is 3. The smallest absolute Gasteiger partial charge is 0.258 e. The molecule has 0 saturated carbocycles. The van der Waals surface area contributed by atoms with Crippen LogP contribution in [0.4, 0.5) is 17.3 Å². The van der Waals surface area contributed by atoms with Gasteiger partial charge in [-0.05, 0) is 50.5 Å². The van der Waals surface area contributed by atoms with Gasteiger partial charge >= 0.3 is 0 Å². The van der Waals surface area contributed by atoms with Crippen LogP contribution in [-0.4, -0.2) is 20.9 Å². The van der Waals surface area contributed by atoms with E-state index < -0.39 is 0 Å². The molecule has 2 aromatic heterocycles. The largest absolute Gasteiger partial charge is 0.325 e. The van der Waals surface area contributed by atoms with Crippen LogP contribution in [0.3, 0.4) is 0 Å². The summed E-state index contributed by atoms with van der Waals surface area (Å²) in [5, 5.41) is 6.63. The van der Waals surface area contributed by atoms with Crippen molar-refractivity contribution in [2.24, 2.45) is 0 Å². The van der Waals surface area contributed by atoms with Gasteiger partial charge in [0.2, 0.25) is 0 Å². The maximum atomic E-state index is 12.8. The molecule has 0 bridgehead atoms. The summed E-state index contributed by atoms with van der Waals surface area (Å²) in [7, 11) is 0. The molecule has 0 aliphatic heterocycles. The number of benzene rings is 1. The van der Waals surface area contributed by atoms with Crippen LogP contribution < -0.4 is 10.6 Å². The number of carbonyl (C=O) groups excluding carboxylic acids is 1. The molecule has 30 heavy (non-hydrogen) atoms. The molecule has 0 radical (unpaired) electrons. The van der Waals surface area contributed by atoms with Gasteiger partial charge in [-0.25, -0.2) is 15.0 Å². The topological polar surface area (TPSA) is 79.8 Å². The highest BCUT2D eigenvalue weighted by Gasteiger charge is 2.17. The van der Waals surface area contributed by atoms with E-state index >= 15 is 0 Å². The fraction of sp³-hybridized carbons (Fsp3) is 0.273. The van der Waals surface area contributed by atoms with Gasteiger partial charge in [-0.3, -0.25) is 4.79 Å². The summed E-state index contributed by atoms with van der Waals surface area (Å²) in [6.07, 6.45) is 4.58. The number of carbonyl (C=O) groups is 1. The molecule has 0 spiro atoms. The van der Waals surface area contributed by atoms with Crippen molar-refractivity contribution in [3.63, 3.8) is 0 Å². The normalized spacial score (nSPS) is 10.7. The number of nitrogens with one attached hydrogen (secondary N) is 2. The van der Waals surface area contributed by atoms with Gasteiger partial charge in [0, 0.05) is 29.7 Å². The van der Waals surface area contributed by atoms with Crippen LogP contribution in [-0.2, 0) is 6.42 Å². The third-order valence-electron chi connectivity index (χ3n) is 4.39. The minimum absolute atomic E-state index is 0.256. The van der Waals surface area contributed by atoms with Gasteiger partial charge in [-0.15, -0.1) is 0 Å². The molecular formula is C22H23Cl2N5O. The monoisotopic (exact) mass is 443 g/mol. The van der Waals surface area contributed by atoms with Crippen molar-refractivity contribution in [2.75, 3.05) is 10.6 Å². The highest BCUT2D eigenvalue weighted by molar-refractivity contribution is 6.40. The van der Waals surface area contributed by atoms with E-state index in [9.17, 15) is 4.79 Å². The molecule has 156 valence electrons. The Morgan fingerprint density at radius 2 is 1.77 bits per heavy atom. The minimum atomic E-state index is -0.377. The molecule has 1 amide bonds. The lowest BCUT2D eigenvalue weighted by Crippen LogP contribution is -2.14. The Labute approximate surface area is 186 Å². The Balaban J connectivity index is 1.76. The highest BCUT2D eigenvalue weighted by Crippen LogP contribution is 2.28. The van der Waals surface area contributed by atoms with E-state index in [1.165, 1.54) is 0 Å². The van der Waals surface area contributed by atoms with Crippen LogP contribution in [0.15, 0.2) is 36.5 Å². The minimum Gasteiger partial charge on any atom is -0.325 e. The first kappa shape index (κ1) is 22.0. The maximum absolute atomic E-state index is 12.8. The molecule has 8 heteroatoms. The second-order valence-electron chi connectivity index (χ2n) is 6.99. The lowest BCUT2D eigenvalue weighted by atomic mass is 10.1. The van der Waals surface area contributed by atoms with Gasteiger partial charge in [0.1, 0.15) is 17.5 Å². The molecule has 0 atom stereocenters. The Morgan fingerprint density at radius 3 is 2.43 bits per heavy atom. The zero-order valence-electron chi connectivity index (χ0n) is 17.1. The summed E-state index contributed by atoms with van der Waals surface area (Å²) < 4.78 is 0. The third-order valence-corrected chi connectivity index (χ3v) is 4.98. The summed E-state index contributed by atoms with van der Waals surface area (Å²) in [5.41, 5.74) is 2.68. The molecule has 2 heterocycles. The molecular weight excluding hydrogens is 421 g/mol. The van der Waals surface area contributed by atoms with E-state index in [0.29, 0.717) is 33.2 Å². The first-order chi connectivity index (χ1) is 14.4. The summed E-state index contributed by atoms with van der Waals surface area (Å²) in [6, 6.07) is 8.83. The molecule has 0 saturated heterocycles. The Bertz CT molecular complexity index is 1030. The Hall–Kier alpha value is -2.70. The molecule has 0 aliphatic carbocycles. The number of unbranched alkanes of at least 4 members (excludes halogenated alkanes) is 1. The third kappa shape index (κ3) is 5.68. The van der Waals surface area contributed by atoms with E-state index in [1.807, 2.05) is 19.9 Å². The van der Waals surface area contributed by atoms with Crippen LogP contribution in [0.25, 0.3) is 0 Å². The van der Waals surface area contributed by atoms with Crippen molar-refractivity contribution in [2.45, 2.75) is 40.0 Å². The number of halogens is 2. The van der Waals surface area contributed by atoms with Gasteiger partial charge in [0.05, 0.1) is 15.6 Å². The SMILES string of the molecule is CCCCc1cc(Cl)c(C(=O)Nc2ccnc(Nc3cc(C)nc(C)n3)c2)c(Cl)c1. The molecule has 6 nitrogen and oxygen atoms in total. The van der Waals surface area contributed by atoms with Gasteiger partial charge in [0.25, 0.3) is 5.91 Å². The zero-order chi connectivity index (χ0) is 21.7. The average molecular weight is 444 g/mol. The number of nitrogens with zero attached hydrogens (tertiary/aromatic N) is 3. The number of hydrogen-bond donors (Lipinski definition) is 2. The number of aryl methyl sites for hydroxylation is 3. The van der Waals surface area contributed by atoms with E-state index in [-0.39, 0.29) is 11.5 Å². The second-order valence-corrected chi connectivity index (χ2v) is 7.80. The van der Waals surface area contributed by atoms with Crippen LogP contribution in [0.5, 0.6) is 0 Å². The fourth-order valence-electron chi connectivity index (χ4n) is 3.05. The predicted octanol–water partition coefficient (Wildman–Crippen LogP) is 6.13. The first-order valence-corrected chi connectivity index (χ1v) is 10.5. The van der Waals surface area contributed by atoms with Crippen LogP contribution in [0.2, 0.25) is 10.0 Å². The predicted molar refractivity (Wildman–Crippen MR) is 122 cm³/mol. The quantitative estimate of drug-likeness (QED) is 0.458.